The number of amides is 1. The van der Waals surface area contributed by atoms with Gasteiger partial charge in [-0.15, -0.1) is 0 Å². The molecule has 2 saturated heterocycles. The van der Waals surface area contributed by atoms with Crippen molar-refractivity contribution in [1.29, 1.82) is 0 Å². The monoisotopic (exact) mass is 318 g/mol. The van der Waals surface area contributed by atoms with E-state index in [4.69, 9.17) is 9.47 Å². The number of carbonyl (C=O) groups is 1. The van der Waals surface area contributed by atoms with Gasteiger partial charge in [0.05, 0.1) is 19.1 Å². The average molecular weight is 318 g/mol. The third kappa shape index (κ3) is 2.97. The summed E-state index contributed by atoms with van der Waals surface area (Å²) in [6, 6.07) is 2.20. The molecule has 3 atom stereocenters. The van der Waals surface area contributed by atoms with Crippen molar-refractivity contribution in [3.63, 3.8) is 0 Å². The third-order valence-electron chi connectivity index (χ3n) is 5.02. The van der Waals surface area contributed by atoms with Crippen molar-refractivity contribution in [1.82, 2.24) is 15.3 Å². The van der Waals surface area contributed by atoms with Crippen molar-refractivity contribution in [2.24, 2.45) is 11.8 Å². The van der Waals surface area contributed by atoms with E-state index in [9.17, 15) is 4.79 Å². The molecule has 4 rings (SSSR count). The Morgan fingerprint density at radius 2 is 2.22 bits per heavy atom. The second kappa shape index (κ2) is 5.96. The number of piperidine rings is 1. The van der Waals surface area contributed by atoms with Crippen molar-refractivity contribution in [3.05, 3.63) is 12.4 Å². The molecule has 3 heterocycles. The lowest BCUT2D eigenvalue weighted by Crippen LogP contribution is -2.53. The molecular formula is C16H22N4O3. The maximum absolute atomic E-state index is 12.6. The number of rotatable bonds is 4. The molecule has 1 aromatic rings. The van der Waals surface area contributed by atoms with E-state index in [0.29, 0.717) is 24.4 Å². The maximum atomic E-state index is 12.6. The Morgan fingerprint density at radius 1 is 1.35 bits per heavy atom. The molecule has 0 radical (unpaired) electrons. The Morgan fingerprint density at radius 3 is 3.00 bits per heavy atom. The average Bonchev–Trinajstić information content (AvgIpc) is 3.26. The van der Waals surface area contributed by atoms with Crippen LogP contribution in [0.25, 0.3) is 0 Å². The first kappa shape index (κ1) is 14.7. The molecule has 0 unspecified atom stereocenters. The minimum absolute atomic E-state index is 0.0437. The lowest BCUT2D eigenvalue weighted by Gasteiger charge is -2.39. The predicted octanol–water partition coefficient (Wildman–Crippen LogP) is 0.605. The summed E-state index contributed by atoms with van der Waals surface area (Å²) in [7, 11) is 1.59. The minimum Gasteiger partial charge on any atom is -0.481 e. The highest BCUT2D eigenvalue weighted by atomic mass is 16.5. The molecule has 124 valence electrons. The van der Waals surface area contributed by atoms with Gasteiger partial charge in [0.1, 0.15) is 12.1 Å². The SMILES string of the molecule is COc1cc(N2C[C@@H]3OCC[C@@H]3[C@@H](C(=O)NC3CC3)C2)ncn1. The molecule has 7 heteroatoms. The molecule has 1 aliphatic carbocycles. The molecule has 1 N–H and O–H groups in total. The molecule has 1 aromatic heterocycles. The summed E-state index contributed by atoms with van der Waals surface area (Å²) in [5, 5.41) is 3.15. The summed E-state index contributed by atoms with van der Waals surface area (Å²) in [6.45, 7) is 2.17. The molecule has 3 aliphatic rings. The van der Waals surface area contributed by atoms with E-state index >= 15 is 0 Å². The van der Waals surface area contributed by atoms with E-state index in [0.717, 1.165) is 38.2 Å². The van der Waals surface area contributed by atoms with E-state index in [1.165, 1.54) is 6.33 Å². The first-order valence-corrected chi connectivity index (χ1v) is 8.27. The van der Waals surface area contributed by atoms with Gasteiger partial charge in [-0.3, -0.25) is 4.79 Å². The Labute approximate surface area is 135 Å². The predicted molar refractivity (Wildman–Crippen MR) is 83.3 cm³/mol. The summed E-state index contributed by atoms with van der Waals surface area (Å²) in [6.07, 6.45) is 4.77. The van der Waals surface area contributed by atoms with Crippen LogP contribution in [0, 0.1) is 11.8 Å². The van der Waals surface area contributed by atoms with Crippen LogP contribution in [0.15, 0.2) is 12.4 Å². The molecule has 0 bridgehead atoms. The number of ether oxygens (including phenoxy) is 2. The highest BCUT2D eigenvalue weighted by Crippen LogP contribution is 2.36. The largest absolute Gasteiger partial charge is 0.481 e. The van der Waals surface area contributed by atoms with Crippen molar-refractivity contribution in [2.45, 2.75) is 31.4 Å². The number of aromatic nitrogens is 2. The van der Waals surface area contributed by atoms with Gasteiger partial charge in [-0.2, -0.15) is 0 Å². The number of carbonyl (C=O) groups excluding carboxylic acids is 1. The molecule has 0 aromatic carbocycles. The zero-order chi connectivity index (χ0) is 15.8. The van der Waals surface area contributed by atoms with E-state index < -0.39 is 0 Å². The molecule has 7 nitrogen and oxygen atoms in total. The lowest BCUT2D eigenvalue weighted by atomic mass is 9.82. The second-order valence-corrected chi connectivity index (χ2v) is 6.57. The van der Waals surface area contributed by atoms with Gasteiger partial charge in [0.2, 0.25) is 11.8 Å². The van der Waals surface area contributed by atoms with Gasteiger partial charge in [-0.1, -0.05) is 0 Å². The fraction of sp³-hybridized carbons (Fsp3) is 0.688. The Balaban J connectivity index is 1.55. The van der Waals surface area contributed by atoms with Crippen LogP contribution in [0.1, 0.15) is 19.3 Å². The van der Waals surface area contributed by atoms with Crippen molar-refractivity contribution in [3.8, 4) is 5.88 Å². The Kier molecular flexibility index (Phi) is 3.80. The van der Waals surface area contributed by atoms with Crippen LogP contribution in [-0.4, -0.2) is 54.8 Å². The van der Waals surface area contributed by atoms with Crippen molar-refractivity contribution >= 4 is 11.7 Å². The van der Waals surface area contributed by atoms with E-state index in [1.807, 2.05) is 6.07 Å². The van der Waals surface area contributed by atoms with Gasteiger partial charge in [0.15, 0.2) is 0 Å². The zero-order valence-electron chi connectivity index (χ0n) is 13.3. The van der Waals surface area contributed by atoms with Crippen molar-refractivity contribution < 1.29 is 14.3 Å². The smallest absolute Gasteiger partial charge is 0.225 e. The number of nitrogens with one attached hydrogen (secondary N) is 1. The van der Waals surface area contributed by atoms with Crippen LogP contribution in [-0.2, 0) is 9.53 Å². The quantitative estimate of drug-likeness (QED) is 0.876. The van der Waals surface area contributed by atoms with Crippen LogP contribution >= 0.6 is 0 Å². The van der Waals surface area contributed by atoms with Crippen molar-refractivity contribution in [2.75, 3.05) is 31.7 Å². The summed E-state index contributed by atoms with van der Waals surface area (Å²) in [5.41, 5.74) is 0. The third-order valence-corrected chi connectivity index (χ3v) is 5.02. The number of hydrogen-bond acceptors (Lipinski definition) is 6. The highest BCUT2D eigenvalue weighted by molar-refractivity contribution is 5.80. The molecule has 2 aliphatic heterocycles. The number of methoxy groups -OCH3 is 1. The topological polar surface area (TPSA) is 76.6 Å². The van der Waals surface area contributed by atoms with Gasteiger partial charge in [0.25, 0.3) is 0 Å². The molecule has 0 spiro atoms. The van der Waals surface area contributed by atoms with Gasteiger partial charge in [0, 0.05) is 37.7 Å². The molecular weight excluding hydrogens is 296 g/mol. The van der Waals surface area contributed by atoms with Crippen LogP contribution in [0.2, 0.25) is 0 Å². The van der Waals surface area contributed by atoms with Gasteiger partial charge in [-0.05, 0) is 19.3 Å². The molecule has 23 heavy (non-hydrogen) atoms. The summed E-state index contributed by atoms with van der Waals surface area (Å²) in [5.74, 6) is 1.75. The second-order valence-electron chi connectivity index (χ2n) is 6.57. The summed E-state index contributed by atoms with van der Waals surface area (Å²) in [4.78, 5) is 23.1. The Bertz CT molecular complexity index is 592. The first-order chi connectivity index (χ1) is 11.2. The van der Waals surface area contributed by atoms with E-state index in [2.05, 4.69) is 20.2 Å². The van der Waals surface area contributed by atoms with E-state index in [1.54, 1.807) is 7.11 Å². The van der Waals surface area contributed by atoms with Gasteiger partial charge < -0.3 is 19.7 Å². The summed E-state index contributed by atoms with van der Waals surface area (Å²) < 4.78 is 11.0. The highest BCUT2D eigenvalue weighted by Gasteiger charge is 2.45. The van der Waals surface area contributed by atoms with Gasteiger partial charge in [-0.25, -0.2) is 9.97 Å². The zero-order valence-corrected chi connectivity index (χ0v) is 13.3. The maximum Gasteiger partial charge on any atom is 0.225 e. The minimum atomic E-state index is -0.0437. The van der Waals surface area contributed by atoms with Crippen LogP contribution in [0.5, 0.6) is 5.88 Å². The normalized spacial score (nSPS) is 30.0. The first-order valence-electron chi connectivity index (χ1n) is 8.27. The Hall–Kier alpha value is -1.89. The number of hydrogen-bond donors (Lipinski definition) is 1. The van der Waals surface area contributed by atoms with Crippen LogP contribution in [0.4, 0.5) is 5.82 Å². The van der Waals surface area contributed by atoms with Gasteiger partial charge >= 0.3 is 0 Å². The molecule has 3 fully saturated rings. The van der Waals surface area contributed by atoms with E-state index in [-0.39, 0.29) is 17.9 Å². The number of anilines is 1. The molecule has 1 saturated carbocycles. The summed E-state index contributed by atoms with van der Waals surface area (Å²) >= 11 is 0. The fourth-order valence-electron chi connectivity index (χ4n) is 3.59. The lowest BCUT2D eigenvalue weighted by molar-refractivity contribution is -0.128. The van der Waals surface area contributed by atoms with Crippen LogP contribution in [0.3, 0.4) is 0 Å². The van der Waals surface area contributed by atoms with Crippen LogP contribution < -0.4 is 15.0 Å². The number of nitrogens with zero attached hydrogens (tertiary/aromatic N) is 3. The standard InChI is InChI=1S/C16H22N4O3/c1-22-15-6-14(17-9-18-15)20-7-12(16(21)19-10-2-3-10)11-4-5-23-13(11)8-20/h6,9-13H,2-5,7-8H2,1H3,(H,19,21)/t11-,12+,13+/m1/s1. The fourth-order valence-corrected chi connectivity index (χ4v) is 3.59. The molecule has 1 amide bonds. The number of fused-ring (bicyclic) bond motifs is 1.